The van der Waals surface area contributed by atoms with E-state index in [2.05, 4.69) is 30.6 Å². The number of urea groups is 1. The first-order valence-corrected chi connectivity index (χ1v) is 9.89. The molecule has 2 N–H and O–H groups in total. The Morgan fingerprint density at radius 2 is 1.07 bits per heavy atom. The maximum atomic E-state index is 12.8. The molecule has 0 spiro atoms. The van der Waals surface area contributed by atoms with Gasteiger partial charge in [0.2, 0.25) is 11.9 Å². The van der Waals surface area contributed by atoms with Gasteiger partial charge in [0.25, 0.3) is 0 Å². The summed E-state index contributed by atoms with van der Waals surface area (Å²) in [4.78, 5) is 33.6. The summed E-state index contributed by atoms with van der Waals surface area (Å²) in [6, 6.07) is 4.39. The number of hydrogen-bond acceptors (Lipinski definition) is 7. The van der Waals surface area contributed by atoms with Crippen LogP contribution in [0.3, 0.4) is 0 Å². The topological polar surface area (TPSA) is 99.2 Å². The number of aromatic nitrogens is 4. The Balaban J connectivity index is 1.20. The number of nitrogens with zero attached hydrogens (tertiary/aromatic N) is 6. The molecule has 0 radical (unpaired) electrons. The zero-order valence-electron chi connectivity index (χ0n) is 15.9. The molecule has 0 unspecified atom stereocenters. The van der Waals surface area contributed by atoms with Gasteiger partial charge in [0, 0.05) is 63.1 Å². The third kappa shape index (κ3) is 4.65. The molecule has 2 saturated heterocycles. The number of piperidine rings is 2. The molecule has 0 aliphatic carbocycles. The zero-order chi connectivity index (χ0) is 19.2. The number of carbonyl (C=O) groups is 1. The minimum atomic E-state index is 0.156. The maximum Gasteiger partial charge on any atom is 0.320 e. The van der Waals surface area contributed by atoms with Gasteiger partial charge in [-0.05, 0) is 37.8 Å². The van der Waals surface area contributed by atoms with E-state index in [-0.39, 0.29) is 6.03 Å². The highest BCUT2D eigenvalue weighted by Gasteiger charge is 2.29. The molecular weight excluding hydrogens is 356 g/mol. The summed E-state index contributed by atoms with van der Waals surface area (Å²) < 4.78 is 0. The monoisotopic (exact) mass is 382 g/mol. The summed E-state index contributed by atoms with van der Waals surface area (Å²) >= 11 is 0. The maximum absolute atomic E-state index is 12.8. The Morgan fingerprint density at radius 3 is 1.43 bits per heavy atom. The molecule has 2 aliphatic rings. The molecule has 28 heavy (non-hydrogen) atoms. The lowest BCUT2D eigenvalue weighted by Gasteiger charge is -2.38. The second-order valence-corrected chi connectivity index (χ2v) is 7.24. The van der Waals surface area contributed by atoms with Gasteiger partial charge in [-0.25, -0.2) is 24.7 Å². The normalized spacial score (nSPS) is 18.7. The van der Waals surface area contributed by atoms with Crippen molar-refractivity contribution in [3.05, 3.63) is 36.9 Å². The average Bonchev–Trinajstić information content (AvgIpc) is 2.76. The molecule has 4 heterocycles. The third-order valence-electron chi connectivity index (χ3n) is 5.33. The molecule has 2 fully saturated rings. The first-order valence-electron chi connectivity index (χ1n) is 9.89. The second-order valence-electron chi connectivity index (χ2n) is 7.24. The predicted octanol–water partition coefficient (Wildman–Crippen LogP) is 1.84. The van der Waals surface area contributed by atoms with Gasteiger partial charge in [-0.2, -0.15) is 0 Å². The number of rotatable bonds is 4. The lowest BCUT2D eigenvalue weighted by Crippen LogP contribution is -2.51. The van der Waals surface area contributed by atoms with Crippen LogP contribution in [-0.4, -0.2) is 74.0 Å². The molecule has 2 amide bonds. The number of anilines is 2. The summed E-state index contributed by atoms with van der Waals surface area (Å²) in [7, 11) is 0. The number of amides is 2. The lowest BCUT2D eigenvalue weighted by molar-refractivity contribution is 0.131. The number of carbonyl (C=O) groups excluding carboxylic acids is 1. The van der Waals surface area contributed by atoms with Crippen molar-refractivity contribution in [3.8, 4) is 0 Å². The van der Waals surface area contributed by atoms with Crippen molar-refractivity contribution >= 4 is 17.9 Å². The molecule has 9 nitrogen and oxygen atoms in total. The van der Waals surface area contributed by atoms with Crippen LogP contribution in [0.25, 0.3) is 0 Å². The van der Waals surface area contributed by atoms with E-state index in [1.165, 1.54) is 0 Å². The largest absolute Gasteiger partial charge is 0.351 e. The number of likely N-dealkylation sites (tertiary alicyclic amines) is 2. The van der Waals surface area contributed by atoms with E-state index in [0.717, 1.165) is 51.9 Å². The molecule has 148 valence electrons. The van der Waals surface area contributed by atoms with Crippen LogP contribution in [0, 0.1) is 0 Å². The van der Waals surface area contributed by atoms with Crippen LogP contribution in [0.15, 0.2) is 36.9 Å². The van der Waals surface area contributed by atoms with Crippen molar-refractivity contribution in [1.82, 2.24) is 29.7 Å². The fourth-order valence-corrected chi connectivity index (χ4v) is 3.74. The van der Waals surface area contributed by atoms with Crippen LogP contribution in [0.2, 0.25) is 0 Å². The first-order chi connectivity index (χ1) is 13.8. The molecule has 0 saturated carbocycles. The summed E-state index contributed by atoms with van der Waals surface area (Å²) in [5.41, 5.74) is 0. The fraction of sp³-hybridized carbons (Fsp3) is 0.526. The molecule has 9 heteroatoms. The van der Waals surface area contributed by atoms with Gasteiger partial charge < -0.3 is 20.4 Å². The van der Waals surface area contributed by atoms with E-state index in [1.807, 2.05) is 9.80 Å². The Hall–Kier alpha value is -2.97. The van der Waals surface area contributed by atoms with E-state index in [1.54, 1.807) is 36.9 Å². The molecular formula is C19H26N8O. The van der Waals surface area contributed by atoms with Crippen LogP contribution in [0.1, 0.15) is 25.7 Å². The van der Waals surface area contributed by atoms with Crippen LogP contribution in [0.4, 0.5) is 16.7 Å². The highest BCUT2D eigenvalue weighted by atomic mass is 16.2. The summed E-state index contributed by atoms with van der Waals surface area (Å²) in [5.74, 6) is 1.31. The van der Waals surface area contributed by atoms with Crippen LogP contribution < -0.4 is 10.6 Å². The minimum absolute atomic E-state index is 0.156. The van der Waals surface area contributed by atoms with Crippen molar-refractivity contribution in [1.29, 1.82) is 0 Å². The minimum Gasteiger partial charge on any atom is -0.351 e. The smallest absolute Gasteiger partial charge is 0.320 e. The molecule has 0 aromatic carbocycles. The van der Waals surface area contributed by atoms with Gasteiger partial charge in [0.15, 0.2) is 0 Å². The standard InChI is InChI=1S/C19H26N8O/c28-19(26-11-3-15(4-12-26)24-17-20-7-1-8-21-17)27-13-5-16(6-14-27)25-18-22-9-2-10-23-18/h1-2,7-10,15-16H,3-6,11-14H2,(H,20,21,24)(H,22,23,25). The fourth-order valence-electron chi connectivity index (χ4n) is 3.74. The Kier molecular flexibility index (Phi) is 5.79. The van der Waals surface area contributed by atoms with E-state index < -0.39 is 0 Å². The summed E-state index contributed by atoms with van der Waals surface area (Å²) in [6.07, 6.45) is 10.6. The van der Waals surface area contributed by atoms with Gasteiger partial charge >= 0.3 is 6.03 Å². The Bertz CT molecular complexity index is 680. The van der Waals surface area contributed by atoms with E-state index in [9.17, 15) is 4.79 Å². The van der Waals surface area contributed by atoms with E-state index in [4.69, 9.17) is 0 Å². The molecule has 4 rings (SSSR count). The average molecular weight is 382 g/mol. The van der Waals surface area contributed by atoms with E-state index in [0.29, 0.717) is 24.0 Å². The Morgan fingerprint density at radius 1 is 0.714 bits per heavy atom. The quantitative estimate of drug-likeness (QED) is 0.832. The van der Waals surface area contributed by atoms with Crippen molar-refractivity contribution in [2.75, 3.05) is 36.8 Å². The highest BCUT2D eigenvalue weighted by Crippen LogP contribution is 2.19. The SMILES string of the molecule is O=C(N1CCC(Nc2ncccn2)CC1)N1CCC(Nc2ncccn2)CC1. The first kappa shape index (κ1) is 18.4. The third-order valence-corrected chi connectivity index (χ3v) is 5.33. The Labute approximate surface area is 164 Å². The van der Waals surface area contributed by atoms with Crippen molar-refractivity contribution in [2.45, 2.75) is 37.8 Å². The number of nitrogens with one attached hydrogen (secondary N) is 2. The van der Waals surface area contributed by atoms with Crippen molar-refractivity contribution < 1.29 is 4.79 Å². The van der Waals surface area contributed by atoms with Gasteiger partial charge in [-0.3, -0.25) is 0 Å². The van der Waals surface area contributed by atoms with E-state index >= 15 is 0 Å². The second kappa shape index (κ2) is 8.81. The van der Waals surface area contributed by atoms with Gasteiger partial charge in [-0.1, -0.05) is 0 Å². The predicted molar refractivity (Wildman–Crippen MR) is 106 cm³/mol. The van der Waals surface area contributed by atoms with Crippen molar-refractivity contribution in [2.24, 2.45) is 0 Å². The summed E-state index contributed by atoms with van der Waals surface area (Å²) in [5, 5.41) is 6.71. The zero-order valence-corrected chi connectivity index (χ0v) is 15.9. The molecule has 2 aromatic heterocycles. The van der Waals surface area contributed by atoms with Crippen LogP contribution in [-0.2, 0) is 0 Å². The highest BCUT2D eigenvalue weighted by molar-refractivity contribution is 5.74. The van der Waals surface area contributed by atoms with Crippen LogP contribution in [0.5, 0.6) is 0 Å². The lowest BCUT2D eigenvalue weighted by atomic mass is 10.0. The molecule has 0 atom stereocenters. The van der Waals surface area contributed by atoms with Crippen LogP contribution >= 0.6 is 0 Å². The molecule has 0 bridgehead atoms. The van der Waals surface area contributed by atoms with Gasteiger partial charge in [0.05, 0.1) is 0 Å². The number of hydrogen-bond donors (Lipinski definition) is 2. The van der Waals surface area contributed by atoms with Crippen molar-refractivity contribution in [3.63, 3.8) is 0 Å². The summed E-state index contributed by atoms with van der Waals surface area (Å²) in [6.45, 7) is 3.05. The molecule has 2 aromatic rings. The molecule has 2 aliphatic heterocycles. The van der Waals surface area contributed by atoms with Gasteiger partial charge in [-0.15, -0.1) is 0 Å². The van der Waals surface area contributed by atoms with Gasteiger partial charge in [0.1, 0.15) is 0 Å².